The van der Waals surface area contributed by atoms with Gasteiger partial charge in [0, 0.05) is 19.3 Å². The smallest absolute Gasteiger partial charge is 0.176 e. The van der Waals surface area contributed by atoms with E-state index in [0.717, 1.165) is 17.9 Å². The summed E-state index contributed by atoms with van der Waals surface area (Å²) in [6.45, 7) is 2.71. The van der Waals surface area contributed by atoms with Crippen molar-refractivity contribution in [2.24, 2.45) is 7.05 Å². The van der Waals surface area contributed by atoms with Gasteiger partial charge in [-0.25, -0.2) is 0 Å². The molecule has 0 radical (unpaired) electrons. The largest absolute Gasteiger partial charge is 0.330 e. The Morgan fingerprint density at radius 3 is 2.65 bits per heavy atom. The van der Waals surface area contributed by atoms with Crippen LogP contribution in [0.4, 0.5) is 11.5 Å². The molecule has 2 aromatic heterocycles. The first kappa shape index (κ1) is 15.2. The number of aromatic nitrogens is 4. The molecule has 1 aromatic carbocycles. The minimum absolute atomic E-state index is 0.492. The zero-order chi connectivity index (χ0) is 16.2. The van der Waals surface area contributed by atoms with Crippen LogP contribution < -0.4 is 10.6 Å². The molecule has 118 valence electrons. The van der Waals surface area contributed by atoms with E-state index in [4.69, 9.17) is 12.2 Å². The van der Waals surface area contributed by atoms with Gasteiger partial charge in [0.15, 0.2) is 10.9 Å². The van der Waals surface area contributed by atoms with Crippen LogP contribution in [0, 0.1) is 6.92 Å². The second kappa shape index (κ2) is 6.62. The maximum atomic E-state index is 5.32. The van der Waals surface area contributed by atoms with E-state index in [1.54, 1.807) is 10.9 Å². The van der Waals surface area contributed by atoms with Crippen LogP contribution in [0.5, 0.6) is 0 Å². The molecule has 0 amide bonds. The summed E-state index contributed by atoms with van der Waals surface area (Å²) < 4.78 is 3.66. The van der Waals surface area contributed by atoms with E-state index < -0.39 is 0 Å². The van der Waals surface area contributed by atoms with E-state index in [-0.39, 0.29) is 0 Å². The lowest BCUT2D eigenvalue weighted by Gasteiger charge is -2.08. The van der Waals surface area contributed by atoms with Gasteiger partial charge >= 0.3 is 0 Å². The number of nitrogens with one attached hydrogen (secondary N) is 2. The van der Waals surface area contributed by atoms with Gasteiger partial charge in [0.2, 0.25) is 0 Å². The molecule has 0 saturated heterocycles. The van der Waals surface area contributed by atoms with Crippen molar-refractivity contribution in [2.45, 2.75) is 13.5 Å². The number of anilines is 2. The van der Waals surface area contributed by atoms with Crippen LogP contribution in [-0.2, 0) is 13.6 Å². The molecule has 7 heteroatoms. The molecule has 6 nitrogen and oxygen atoms in total. The Labute approximate surface area is 140 Å². The first-order valence-corrected chi connectivity index (χ1v) is 7.66. The molecule has 2 N–H and O–H groups in total. The Hall–Kier alpha value is -2.67. The summed E-state index contributed by atoms with van der Waals surface area (Å²) in [5, 5.41) is 15.3. The van der Waals surface area contributed by atoms with Crippen LogP contribution in [0.1, 0.15) is 11.3 Å². The predicted molar refractivity (Wildman–Crippen MR) is 95.6 cm³/mol. The van der Waals surface area contributed by atoms with E-state index >= 15 is 0 Å². The van der Waals surface area contributed by atoms with Gasteiger partial charge in [-0.2, -0.15) is 10.2 Å². The van der Waals surface area contributed by atoms with E-state index in [9.17, 15) is 0 Å². The number of benzene rings is 1. The number of hydrogen-bond donors (Lipinski definition) is 2. The lowest BCUT2D eigenvalue weighted by Crippen LogP contribution is -2.20. The predicted octanol–water partition coefficient (Wildman–Crippen LogP) is 2.78. The molecule has 0 unspecified atom stereocenters. The minimum Gasteiger partial charge on any atom is -0.330 e. The van der Waals surface area contributed by atoms with Crippen LogP contribution in [0.2, 0.25) is 0 Å². The Balaban J connectivity index is 1.60. The summed E-state index contributed by atoms with van der Waals surface area (Å²) in [6.07, 6.45) is 3.67. The van der Waals surface area contributed by atoms with Crippen LogP contribution in [0.3, 0.4) is 0 Å². The Kier molecular flexibility index (Phi) is 4.38. The van der Waals surface area contributed by atoms with Crippen LogP contribution in [0.15, 0.2) is 48.8 Å². The molecule has 2 heterocycles. The lowest BCUT2D eigenvalue weighted by molar-refractivity contribution is 0.690. The van der Waals surface area contributed by atoms with Crippen LogP contribution in [0.25, 0.3) is 0 Å². The summed E-state index contributed by atoms with van der Waals surface area (Å²) in [4.78, 5) is 0. The molecule has 0 aliphatic heterocycles. The van der Waals surface area contributed by atoms with Gasteiger partial charge in [0.25, 0.3) is 0 Å². The standard InChI is InChI=1S/C16H18N6S/c1-12-14(10-17-21(12)2)18-16(23)19-15-8-9-22(20-15)11-13-6-4-3-5-7-13/h3-10H,11H2,1-2H3,(H2,18,19,20,23). The van der Waals surface area contributed by atoms with E-state index in [1.807, 2.05) is 49.1 Å². The molecule has 0 saturated carbocycles. The van der Waals surface area contributed by atoms with Gasteiger partial charge in [-0.3, -0.25) is 9.36 Å². The fourth-order valence-corrected chi connectivity index (χ4v) is 2.39. The second-order valence-electron chi connectivity index (χ2n) is 5.23. The second-order valence-corrected chi connectivity index (χ2v) is 5.64. The minimum atomic E-state index is 0.492. The fourth-order valence-electron chi connectivity index (χ4n) is 2.18. The quantitative estimate of drug-likeness (QED) is 0.722. The van der Waals surface area contributed by atoms with Crippen molar-refractivity contribution in [1.82, 2.24) is 19.6 Å². The summed E-state index contributed by atoms with van der Waals surface area (Å²) in [5.74, 6) is 0.708. The highest BCUT2D eigenvalue weighted by Crippen LogP contribution is 2.13. The molecule has 3 aromatic rings. The van der Waals surface area contributed by atoms with Crippen molar-refractivity contribution in [3.63, 3.8) is 0 Å². The van der Waals surface area contributed by atoms with Crippen molar-refractivity contribution in [3.8, 4) is 0 Å². The molecule has 0 aliphatic rings. The molecular weight excluding hydrogens is 308 g/mol. The van der Waals surface area contributed by atoms with Gasteiger partial charge in [0.1, 0.15) is 0 Å². The molecule has 0 aliphatic carbocycles. The first-order chi connectivity index (χ1) is 11.1. The van der Waals surface area contributed by atoms with Crippen molar-refractivity contribution in [1.29, 1.82) is 0 Å². The maximum Gasteiger partial charge on any atom is 0.176 e. The monoisotopic (exact) mass is 326 g/mol. The Morgan fingerprint density at radius 2 is 1.96 bits per heavy atom. The zero-order valence-electron chi connectivity index (χ0n) is 13.0. The topological polar surface area (TPSA) is 59.7 Å². The third-order valence-corrected chi connectivity index (χ3v) is 3.76. The molecule has 0 bridgehead atoms. The van der Waals surface area contributed by atoms with E-state index in [1.165, 1.54) is 5.56 Å². The summed E-state index contributed by atoms with van der Waals surface area (Å²) >= 11 is 5.32. The van der Waals surface area contributed by atoms with Gasteiger partial charge < -0.3 is 10.6 Å². The highest BCUT2D eigenvalue weighted by Gasteiger charge is 2.07. The number of thiocarbonyl (C=S) groups is 1. The SMILES string of the molecule is Cc1c(NC(=S)Nc2ccn(Cc3ccccc3)n2)cnn1C. The molecule has 0 spiro atoms. The molecule has 0 atom stereocenters. The number of aryl methyl sites for hydroxylation is 1. The van der Waals surface area contributed by atoms with Crippen molar-refractivity contribution in [2.75, 3.05) is 10.6 Å². The lowest BCUT2D eigenvalue weighted by atomic mass is 10.2. The van der Waals surface area contributed by atoms with Gasteiger partial charge in [-0.05, 0) is 24.7 Å². The first-order valence-electron chi connectivity index (χ1n) is 7.26. The van der Waals surface area contributed by atoms with Gasteiger partial charge in [-0.1, -0.05) is 30.3 Å². The highest BCUT2D eigenvalue weighted by molar-refractivity contribution is 7.80. The number of rotatable bonds is 4. The Bertz CT molecular complexity index is 805. The average Bonchev–Trinajstić information content (AvgIpc) is 3.10. The highest BCUT2D eigenvalue weighted by atomic mass is 32.1. The summed E-state index contributed by atoms with van der Waals surface area (Å²) in [6, 6.07) is 12.1. The fraction of sp³-hybridized carbons (Fsp3) is 0.188. The zero-order valence-corrected chi connectivity index (χ0v) is 13.8. The third kappa shape index (κ3) is 3.75. The van der Waals surface area contributed by atoms with Crippen molar-refractivity contribution < 1.29 is 0 Å². The molecule has 3 rings (SSSR count). The average molecular weight is 326 g/mol. The third-order valence-electron chi connectivity index (χ3n) is 3.55. The van der Waals surface area contributed by atoms with Crippen LogP contribution in [-0.4, -0.2) is 24.7 Å². The molecule has 23 heavy (non-hydrogen) atoms. The number of hydrogen-bond acceptors (Lipinski definition) is 3. The van der Waals surface area contributed by atoms with E-state index in [0.29, 0.717) is 10.9 Å². The van der Waals surface area contributed by atoms with Crippen molar-refractivity contribution >= 4 is 28.8 Å². The maximum absolute atomic E-state index is 5.32. The normalized spacial score (nSPS) is 10.5. The van der Waals surface area contributed by atoms with Gasteiger partial charge in [0.05, 0.1) is 24.1 Å². The van der Waals surface area contributed by atoms with Gasteiger partial charge in [-0.15, -0.1) is 0 Å². The van der Waals surface area contributed by atoms with Crippen molar-refractivity contribution in [3.05, 3.63) is 60.0 Å². The summed E-state index contributed by atoms with van der Waals surface area (Å²) in [7, 11) is 1.89. The molecular formula is C16H18N6S. The van der Waals surface area contributed by atoms with E-state index in [2.05, 4.69) is 33.0 Å². The number of nitrogens with zero attached hydrogens (tertiary/aromatic N) is 4. The summed E-state index contributed by atoms with van der Waals surface area (Å²) in [5.41, 5.74) is 3.10. The molecule has 0 fully saturated rings. The van der Waals surface area contributed by atoms with Crippen LogP contribution >= 0.6 is 12.2 Å². The Morgan fingerprint density at radius 1 is 1.17 bits per heavy atom.